The summed E-state index contributed by atoms with van der Waals surface area (Å²) in [6, 6.07) is 0. The van der Waals surface area contributed by atoms with Gasteiger partial charge in [-0.15, -0.1) is 0 Å². The molecule has 0 bridgehead atoms. The maximum absolute atomic E-state index is 11.0. The zero-order valence-corrected chi connectivity index (χ0v) is 7.63. The van der Waals surface area contributed by atoms with E-state index >= 15 is 0 Å². The van der Waals surface area contributed by atoms with E-state index in [2.05, 4.69) is 11.9 Å². The van der Waals surface area contributed by atoms with Gasteiger partial charge in [-0.25, -0.2) is 0 Å². The molecule has 0 radical (unpaired) electrons. The molecule has 0 heterocycles. The molecular formula is C9H13NO3. The van der Waals surface area contributed by atoms with Crippen molar-refractivity contribution in [3.05, 3.63) is 12.2 Å². The first-order chi connectivity index (χ1) is 6.07. The van der Waals surface area contributed by atoms with Crippen LogP contribution >= 0.6 is 0 Å². The standard InChI is InChI=1S/C9H13NO3/c1-7(2)8(12)3-4-9(13)10-5-6-11/h6H,1,3-5H2,2H3,(H,10,13). The van der Waals surface area contributed by atoms with Crippen LogP contribution in [0.25, 0.3) is 0 Å². The van der Waals surface area contributed by atoms with Crippen LogP contribution in [0.5, 0.6) is 0 Å². The van der Waals surface area contributed by atoms with E-state index in [-0.39, 0.29) is 31.1 Å². The molecule has 4 heteroatoms. The first-order valence-electron chi connectivity index (χ1n) is 3.97. The highest BCUT2D eigenvalue weighted by Gasteiger charge is 2.06. The van der Waals surface area contributed by atoms with Gasteiger partial charge in [-0.1, -0.05) is 6.58 Å². The van der Waals surface area contributed by atoms with Crippen molar-refractivity contribution in [3.8, 4) is 0 Å². The molecule has 0 atom stereocenters. The van der Waals surface area contributed by atoms with Crippen molar-refractivity contribution in [3.63, 3.8) is 0 Å². The Morgan fingerprint density at radius 3 is 2.46 bits per heavy atom. The van der Waals surface area contributed by atoms with Crippen molar-refractivity contribution >= 4 is 18.0 Å². The lowest BCUT2D eigenvalue weighted by Gasteiger charge is -2.00. The van der Waals surface area contributed by atoms with Gasteiger partial charge in [0.15, 0.2) is 5.78 Å². The van der Waals surface area contributed by atoms with Crippen LogP contribution in [0.1, 0.15) is 19.8 Å². The van der Waals surface area contributed by atoms with Crippen LogP contribution < -0.4 is 5.32 Å². The molecule has 0 unspecified atom stereocenters. The minimum atomic E-state index is -0.290. The molecule has 72 valence electrons. The Labute approximate surface area is 77.0 Å². The van der Waals surface area contributed by atoms with E-state index in [1.165, 1.54) is 0 Å². The van der Waals surface area contributed by atoms with Crippen molar-refractivity contribution in [1.82, 2.24) is 5.32 Å². The second-order valence-electron chi connectivity index (χ2n) is 2.67. The van der Waals surface area contributed by atoms with E-state index < -0.39 is 0 Å². The Kier molecular flexibility index (Phi) is 5.43. The summed E-state index contributed by atoms with van der Waals surface area (Å²) in [6.45, 7) is 5.06. The van der Waals surface area contributed by atoms with Gasteiger partial charge in [0, 0.05) is 12.8 Å². The Morgan fingerprint density at radius 1 is 1.38 bits per heavy atom. The molecule has 0 saturated carbocycles. The van der Waals surface area contributed by atoms with Gasteiger partial charge < -0.3 is 10.1 Å². The van der Waals surface area contributed by atoms with E-state index in [0.29, 0.717) is 11.9 Å². The molecule has 0 spiro atoms. The normalized spacial score (nSPS) is 9.00. The highest BCUT2D eigenvalue weighted by Crippen LogP contribution is 1.98. The minimum Gasteiger partial charge on any atom is -0.349 e. The van der Waals surface area contributed by atoms with Crippen molar-refractivity contribution in [1.29, 1.82) is 0 Å². The number of nitrogens with one attached hydrogen (secondary N) is 1. The largest absolute Gasteiger partial charge is 0.349 e. The molecule has 0 aliphatic heterocycles. The molecule has 0 aromatic carbocycles. The fourth-order valence-corrected chi connectivity index (χ4v) is 0.684. The Hall–Kier alpha value is -1.45. The predicted octanol–water partition coefficient (Wildman–Crippen LogP) is 0.227. The highest BCUT2D eigenvalue weighted by molar-refractivity contribution is 5.96. The number of Topliss-reactive ketones (excluding diaryl/α,β-unsaturated/α-hetero) is 1. The van der Waals surface area contributed by atoms with Gasteiger partial charge in [-0.2, -0.15) is 0 Å². The number of aldehydes is 1. The van der Waals surface area contributed by atoms with Gasteiger partial charge in [0.1, 0.15) is 6.29 Å². The minimum absolute atomic E-state index is 0.0000945. The third kappa shape index (κ3) is 5.78. The average molecular weight is 183 g/mol. The molecule has 13 heavy (non-hydrogen) atoms. The van der Waals surface area contributed by atoms with Crippen LogP contribution in [0, 0.1) is 0 Å². The molecule has 0 aliphatic rings. The summed E-state index contributed by atoms with van der Waals surface area (Å²) < 4.78 is 0. The van der Waals surface area contributed by atoms with Crippen molar-refractivity contribution < 1.29 is 14.4 Å². The Balaban J connectivity index is 3.63. The molecule has 0 aliphatic carbocycles. The van der Waals surface area contributed by atoms with Gasteiger partial charge in [0.25, 0.3) is 0 Å². The predicted molar refractivity (Wildman–Crippen MR) is 48.1 cm³/mol. The van der Waals surface area contributed by atoms with Crippen molar-refractivity contribution in [2.45, 2.75) is 19.8 Å². The van der Waals surface area contributed by atoms with Crippen LogP contribution in [-0.4, -0.2) is 24.5 Å². The zero-order chi connectivity index (χ0) is 10.3. The Morgan fingerprint density at radius 2 is 2.00 bits per heavy atom. The summed E-state index contributed by atoms with van der Waals surface area (Å²) in [5.74, 6) is -0.414. The maximum atomic E-state index is 11.0. The second kappa shape index (κ2) is 6.11. The van der Waals surface area contributed by atoms with Crippen LogP contribution in [0.4, 0.5) is 0 Å². The summed E-state index contributed by atoms with van der Waals surface area (Å²) in [4.78, 5) is 31.7. The van der Waals surface area contributed by atoms with Crippen LogP contribution in [-0.2, 0) is 14.4 Å². The summed E-state index contributed by atoms with van der Waals surface area (Å²) in [6.07, 6.45) is 0.859. The molecule has 1 N–H and O–H groups in total. The number of rotatable bonds is 6. The fraction of sp³-hybridized carbons (Fsp3) is 0.444. The molecule has 0 aromatic rings. The zero-order valence-electron chi connectivity index (χ0n) is 7.63. The molecular weight excluding hydrogens is 170 g/mol. The highest BCUT2D eigenvalue weighted by atomic mass is 16.2. The van der Waals surface area contributed by atoms with Gasteiger partial charge in [-0.05, 0) is 12.5 Å². The van der Waals surface area contributed by atoms with E-state index in [9.17, 15) is 14.4 Å². The van der Waals surface area contributed by atoms with Gasteiger partial charge in [-0.3, -0.25) is 9.59 Å². The molecule has 0 rings (SSSR count). The monoisotopic (exact) mass is 183 g/mol. The maximum Gasteiger partial charge on any atom is 0.220 e. The van der Waals surface area contributed by atoms with Crippen molar-refractivity contribution in [2.75, 3.05) is 6.54 Å². The molecule has 0 aromatic heterocycles. The summed E-state index contributed by atoms with van der Waals surface area (Å²) in [5, 5.41) is 2.34. The summed E-state index contributed by atoms with van der Waals surface area (Å²) >= 11 is 0. The third-order valence-electron chi connectivity index (χ3n) is 1.44. The smallest absolute Gasteiger partial charge is 0.220 e. The number of amides is 1. The van der Waals surface area contributed by atoms with Crippen LogP contribution in [0.15, 0.2) is 12.2 Å². The lowest BCUT2D eigenvalue weighted by molar-refractivity contribution is -0.124. The number of ketones is 1. The van der Waals surface area contributed by atoms with Crippen LogP contribution in [0.2, 0.25) is 0 Å². The van der Waals surface area contributed by atoms with Crippen LogP contribution in [0.3, 0.4) is 0 Å². The van der Waals surface area contributed by atoms with E-state index in [0.717, 1.165) is 0 Å². The summed E-state index contributed by atoms with van der Waals surface area (Å²) in [7, 11) is 0. The number of allylic oxidation sites excluding steroid dienone is 1. The number of carbonyl (C=O) groups excluding carboxylic acids is 3. The lowest BCUT2D eigenvalue weighted by atomic mass is 10.1. The lowest BCUT2D eigenvalue weighted by Crippen LogP contribution is -2.25. The average Bonchev–Trinajstić information content (AvgIpc) is 2.10. The van der Waals surface area contributed by atoms with Gasteiger partial charge >= 0.3 is 0 Å². The molecule has 4 nitrogen and oxygen atoms in total. The van der Waals surface area contributed by atoms with Gasteiger partial charge in [0.05, 0.1) is 6.54 Å². The second-order valence-corrected chi connectivity index (χ2v) is 2.67. The molecule has 0 saturated heterocycles. The summed E-state index contributed by atoms with van der Waals surface area (Å²) in [5.41, 5.74) is 0.447. The van der Waals surface area contributed by atoms with E-state index in [1.807, 2.05) is 0 Å². The fourth-order valence-electron chi connectivity index (χ4n) is 0.684. The van der Waals surface area contributed by atoms with E-state index in [4.69, 9.17) is 0 Å². The first kappa shape index (κ1) is 11.6. The first-order valence-corrected chi connectivity index (χ1v) is 3.97. The SMILES string of the molecule is C=C(C)C(=O)CCC(=O)NCC=O. The topological polar surface area (TPSA) is 63.2 Å². The quantitative estimate of drug-likeness (QED) is 0.473. The molecule has 0 fully saturated rings. The number of hydrogen-bond donors (Lipinski definition) is 1. The van der Waals surface area contributed by atoms with E-state index in [1.54, 1.807) is 6.92 Å². The van der Waals surface area contributed by atoms with Crippen molar-refractivity contribution in [2.24, 2.45) is 0 Å². The number of hydrogen-bond acceptors (Lipinski definition) is 3. The molecule has 1 amide bonds. The number of carbonyl (C=O) groups is 3. The third-order valence-corrected chi connectivity index (χ3v) is 1.44. The van der Waals surface area contributed by atoms with Gasteiger partial charge in [0.2, 0.25) is 5.91 Å². The Bertz CT molecular complexity index is 233.